The molecule has 0 aliphatic carbocycles. The van der Waals surface area contributed by atoms with Gasteiger partial charge in [0, 0.05) is 25.8 Å². The summed E-state index contributed by atoms with van der Waals surface area (Å²) < 4.78 is 5.55. The molecule has 16 heavy (non-hydrogen) atoms. The number of hydrogen-bond donors (Lipinski definition) is 1. The lowest BCUT2D eigenvalue weighted by Crippen LogP contribution is -2.31. The van der Waals surface area contributed by atoms with E-state index in [2.05, 4.69) is 18.7 Å². The standard InChI is InChI=1S/C13H27NO2/c1-12(2)16-11-5-9-14-8-3-6-13(14)7-4-10-15/h12-13,15H,3-11H2,1-2H3/t13-/m1/s1. The summed E-state index contributed by atoms with van der Waals surface area (Å²) in [6.07, 6.45) is 6.22. The van der Waals surface area contributed by atoms with Crippen LogP contribution in [-0.2, 0) is 4.74 Å². The molecule has 3 nitrogen and oxygen atoms in total. The summed E-state index contributed by atoms with van der Waals surface area (Å²) in [6, 6.07) is 0.714. The topological polar surface area (TPSA) is 32.7 Å². The smallest absolute Gasteiger partial charge is 0.0518 e. The Hall–Kier alpha value is -0.120. The average molecular weight is 229 g/mol. The summed E-state index contributed by atoms with van der Waals surface area (Å²) in [6.45, 7) is 7.77. The van der Waals surface area contributed by atoms with Crippen LogP contribution < -0.4 is 0 Å². The van der Waals surface area contributed by atoms with Gasteiger partial charge in [-0.2, -0.15) is 0 Å². The molecule has 0 aromatic rings. The number of aliphatic hydroxyl groups is 1. The van der Waals surface area contributed by atoms with Gasteiger partial charge in [-0.25, -0.2) is 0 Å². The Morgan fingerprint density at radius 1 is 1.38 bits per heavy atom. The minimum Gasteiger partial charge on any atom is -0.396 e. The van der Waals surface area contributed by atoms with Crippen LogP contribution in [0.4, 0.5) is 0 Å². The molecule has 1 aliphatic heterocycles. The van der Waals surface area contributed by atoms with Crippen LogP contribution in [0.3, 0.4) is 0 Å². The maximum Gasteiger partial charge on any atom is 0.0518 e. The van der Waals surface area contributed by atoms with Crippen LogP contribution in [0.15, 0.2) is 0 Å². The molecule has 3 heteroatoms. The maximum absolute atomic E-state index is 8.85. The largest absolute Gasteiger partial charge is 0.396 e. The van der Waals surface area contributed by atoms with E-state index in [4.69, 9.17) is 9.84 Å². The van der Waals surface area contributed by atoms with Crippen molar-refractivity contribution in [2.75, 3.05) is 26.3 Å². The average Bonchev–Trinajstić information content (AvgIpc) is 2.69. The Morgan fingerprint density at radius 2 is 2.19 bits per heavy atom. The summed E-state index contributed by atoms with van der Waals surface area (Å²) >= 11 is 0. The minimum absolute atomic E-state index is 0.334. The molecule has 1 aliphatic rings. The van der Waals surface area contributed by atoms with Gasteiger partial charge in [0.1, 0.15) is 0 Å². The van der Waals surface area contributed by atoms with Gasteiger partial charge in [-0.15, -0.1) is 0 Å². The first kappa shape index (κ1) is 13.9. The summed E-state index contributed by atoms with van der Waals surface area (Å²) in [5.74, 6) is 0. The SMILES string of the molecule is CC(C)OCCCN1CCC[C@@H]1CCCO. The van der Waals surface area contributed by atoms with Crippen molar-refractivity contribution in [2.24, 2.45) is 0 Å². The highest BCUT2D eigenvalue weighted by atomic mass is 16.5. The van der Waals surface area contributed by atoms with Crippen LogP contribution in [-0.4, -0.2) is 48.5 Å². The van der Waals surface area contributed by atoms with Crippen LogP contribution in [0.2, 0.25) is 0 Å². The van der Waals surface area contributed by atoms with E-state index >= 15 is 0 Å². The van der Waals surface area contributed by atoms with Gasteiger partial charge in [-0.05, 0) is 52.5 Å². The van der Waals surface area contributed by atoms with Crippen molar-refractivity contribution in [3.05, 3.63) is 0 Å². The monoisotopic (exact) mass is 229 g/mol. The van der Waals surface area contributed by atoms with E-state index in [0.717, 1.165) is 32.4 Å². The van der Waals surface area contributed by atoms with E-state index in [1.54, 1.807) is 0 Å². The Kier molecular flexibility index (Phi) is 7.01. The third-order valence-electron chi connectivity index (χ3n) is 3.24. The first-order valence-electron chi connectivity index (χ1n) is 6.70. The summed E-state index contributed by atoms with van der Waals surface area (Å²) in [5.41, 5.74) is 0. The molecular formula is C13H27NO2. The molecule has 0 saturated carbocycles. The van der Waals surface area contributed by atoms with E-state index in [0.29, 0.717) is 18.8 Å². The highest BCUT2D eigenvalue weighted by Gasteiger charge is 2.22. The number of aliphatic hydroxyl groups excluding tert-OH is 1. The number of ether oxygens (including phenoxy) is 1. The van der Waals surface area contributed by atoms with Crippen LogP contribution in [0.25, 0.3) is 0 Å². The van der Waals surface area contributed by atoms with Crippen LogP contribution in [0.5, 0.6) is 0 Å². The third-order valence-corrected chi connectivity index (χ3v) is 3.24. The lowest BCUT2D eigenvalue weighted by atomic mass is 10.1. The van der Waals surface area contributed by atoms with Gasteiger partial charge in [0.25, 0.3) is 0 Å². The van der Waals surface area contributed by atoms with Crippen LogP contribution in [0.1, 0.15) is 46.0 Å². The maximum atomic E-state index is 8.85. The van der Waals surface area contributed by atoms with Gasteiger partial charge < -0.3 is 14.7 Å². The first-order chi connectivity index (χ1) is 7.74. The lowest BCUT2D eigenvalue weighted by Gasteiger charge is -2.24. The zero-order chi connectivity index (χ0) is 11.8. The van der Waals surface area contributed by atoms with Gasteiger partial charge in [-0.1, -0.05) is 0 Å². The predicted octanol–water partition coefficient (Wildman–Crippen LogP) is 2.04. The lowest BCUT2D eigenvalue weighted by molar-refractivity contribution is 0.0690. The highest BCUT2D eigenvalue weighted by Crippen LogP contribution is 2.21. The van der Waals surface area contributed by atoms with Crippen LogP contribution >= 0.6 is 0 Å². The zero-order valence-corrected chi connectivity index (χ0v) is 10.8. The molecule has 1 heterocycles. The van der Waals surface area contributed by atoms with Gasteiger partial charge in [0.15, 0.2) is 0 Å². The molecule has 0 aromatic heterocycles. The van der Waals surface area contributed by atoms with Crippen LogP contribution in [0, 0.1) is 0 Å². The number of rotatable bonds is 8. The first-order valence-corrected chi connectivity index (χ1v) is 6.70. The molecule has 0 spiro atoms. The molecule has 96 valence electrons. The molecule has 1 rings (SSSR count). The molecule has 0 bridgehead atoms. The molecule has 1 atom stereocenters. The van der Waals surface area contributed by atoms with E-state index in [-0.39, 0.29) is 0 Å². The fourth-order valence-corrected chi connectivity index (χ4v) is 2.43. The van der Waals surface area contributed by atoms with Crippen molar-refractivity contribution in [1.82, 2.24) is 4.90 Å². The van der Waals surface area contributed by atoms with E-state index in [1.807, 2.05) is 0 Å². The van der Waals surface area contributed by atoms with Crippen molar-refractivity contribution in [3.63, 3.8) is 0 Å². The molecule has 0 unspecified atom stereocenters. The zero-order valence-electron chi connectivity index (χ0n) is 10.8. The fourth-order valence-electron chi connectivity index (χ4n) is 2.43. The second kappa shape index (κ2) is 8.04. The van der Waals surface area contributed by atoms with Gasteiger partial charge in [-0.3, -0.25) is 0 Å². The van der Waals surface area contributed by atoms with Crippen molar-refractivity contribution >= 4 is 0 Å². The van der Waals surface area contributed by atoms with Crippen molar-refractivity contribution in [3.8, 4) is 0 Å². The van der Waals surface area contributed by atoms with Crippen molar-refractivity contribution in [1.29, 1.82) is 0 Å². The third kappa shape index (κ3) is 5.28. The Morgan fingerprint density at radius 3 is 2.88 bits per heavy atom. The molecular weight excluding hydrogens is 202 g/mol. The van der Waals surface area contributed by atoms with E-state index in [9.17, 15) is 0 Å². The number of hydrogen-bond acceptors (Lipinski definition) is 3. The fraction of sp³-hybridized carbons (Fsp3) is 1.00. The summed E-state index contributed by atoms with van der Waals surface area (Å²) in [5, 5.41) is 8.85. The van der Waals surface area contributed by atoms with Gasteiger partial charge >= 0.3 is 0 Å². The molecule has 0 radical (unpaired) electrons. The van der Waals surface area contributed by atoms with E-state index < -0.39 is 0 Å². The van der Waals surface area contributed by atoms with Crippen molar-refractivity contribution in [2.45, 2.75) is 58.1 Å². The minimum atomic E-state index is 0.334. The molecule has 1 saturated heterocycles. The van der Waals surface area contributed by atoms with E-state index in [1.165, 1.54) is 19.4 Å². The Labute approximate surface area is 99.8 Å². The molecule has 0 amide bonds. The quantitative estimate of drug-likeness (QED) is 0.647. The Balaban J connectivity index is 2.09. The summed E-state index contributed by atoms with van der Waals surface area (Å²) in [7, 11) is 0. The second-order valence-corrected chi connectivity index (χ2v) is 4.97. The molecule has 1 fully saturated rings. The van der Waals surface area contributed by atoms with Crippen molar-refractivity contribution < 1.29 is 9.84 Å². The predicted molar refractivity (Wildman–Crippen MR) is 66.6 cm³/mol. The molecule has 1 N–H and O–H groups in total. The Bertz CT molecular complexity index is 173. The number of nitrogens with zero attached hydrogens (tertiary/aromatic N) is 1. The second-order valence-electron chi connectivity index (χ2n) is 4.97. The molecule has 0 aromatic carbocycles. The summed E-state index contributed by atoms with van der Waals surface area (Å²) in [4.78, 5) is 2.57. The van der Waals surface area contributed by atoms with Gasteiger partial charge in [0.05, 0.1) is 6.10 Å². The highest BCUT2D eigenvalue weighted by molar-refractivity contribution is 4.78. The normalized spacial score (nSPS) is 22.1. The number of likely N-dealkylation sites (tertiary alicyclic amines) is 1. The van der Waals surface area contributed by atoms with Gasteiger partial charge in [0.2, 0.25) is 0 Å².